The maximum Gasteiger partial charge on any atom is 0.286 e. The molecular formula is C22H21N3O5S. The van der Waals surface area contributed by atoms with E-state index in [1.54, 1.807) is 47.0 Å². The van der Waals surface area contributed by atoms with Crippen molar-refractivity contribution in [3.63, 3.8) is 0 Å². The van der Waals surface area contributed by atoms with Gasteiger partial charge in [0.1, 0.15) is 16.2 Å². The number of rotatable bonds is 4. The van der Waals surface area contributed by atoms with Crippen molar-refractivity contribution in [2.24, 2.45) is 4.40 Å². The zero-order valence-electron chi connectivity index (χ0n) is 16.6. The number of hydrogen-bond donors (Lipinski definition) is 2. The van der Waals surface area contributed by atoms with Crippen LogP contribution in [0.25, 0.3) is 10.9 Å². The summed E-state index contributed by atoms with van der Waals surface area (Å²) in [5.41, 5.74) is 0.218. The molecule has 160 valence electrons. The van der Waals surface area contributed by atoms with Crippen molar-refractivity contribution >= 4 is 32.4 Å². The van der Waals surface area contributed by atoms with E-state index in [0.717, 1.165) is 19.4 Å². The molecule has 3 heterocycles. The Hall–Kier alpha value is -3.17. The third-order valence-electron chi connectivity index (χ3n) is 5.71. The summed E-state index contributed by atoms with van der Waals surface area (Å²) in [7, 11) is -4.02. The van der Waals surface area contributed by atoms with E-state index in [-0.39, 0.29) is 28.1 Å². The molecule has 1 fully saturated rings. The van der Waals surface area contributed by atoms with E-state index in [9.17, 15) is 18.3 Å². The van der Waals surface area contributed by atoms with E-state index in [0.29, 0.717) is 29.6 Å². The monoisotopic (exact) mass is 439 g/mol. The van der Waals surface area contributed by atoms with Crippen LogP contribution in [-0.4, -0.2) is 36.6 Å². The molecule has 0 aliphatic carbocycles. The minimum atomic E-state index is -4.02. The van der Waals surface area contributed by atoms with Crippen LogP contribution < -0.4 is 10.9 Å². The topological polar surface area (TPSA) is 110 Å². The van der Waals surface area contributed by atoms with Crippen molar-refractivity contribution in [3.8, 4) is 5.75 Å². The summed E-state index contributed by atoms with van der Waals surface area (Å²) in [6.07, 6.45) is 2.68. The van der Waals surface area contributed by atoms with Gasteiger partial charge in [-0.2, -0.15) is 8.42 Å². The smallest absolute Gasteiger partial charge is 0.286 e. The highest BCUT2D eigenvalue weighted by molar-refractivity contribution is 7.90. The minimum absolute atomic E-state index is 0.0257. The first-order valence-electron chi connectivity index (χ1n) is 10.1. The van der Waals surface area contributed by atoms with Crippen LogP contribution in [0.15, 0.2) is 62.6 Å². The Kier molecular flexibility index (Phi) is 4.79. The fourth-order valence-corrected chi connectivity index (χ4v) is 5.32. The number of anilines is 1. The zero-order valence-corrected chi connectivity index (χ0v) is 17.4. The lowest BCUT2D eigenvalue weighted by molar-refractivity contribution is 0.100. The third-order valence-corrected chi connectivity index (χ3v) is 7.05. The van der Waals surface area contributed by atoms with Crippen molar-refractivity contribution in [2.45, 2.75) is 36.8 Å². The molecule has 1 unspecified atom stereocenters. The van der Waals surface area contributed by atoms with Crippen LogP contribution in [0.5, 0.6) is 5.75 Å². The van der Waals surface area contributed by atoms with E-state index in [2.05, 4.69) is 9.71 Å². The van der Waals surface area contributed by atoms with Crippen LogP contribution in [0.4, 0.5) is 5.69 Å². The molecule has 1 atom stereocenters. The molecule has 2 aliphatic rings. The number of nitrogens with zero attached hydrogens (tertiary/aromatic N) is 2. The normalized spacial score (nSPS) is 19.6. The van der Waals surface area contributed by atoms with Gasteiger partial charge in [-0.3, -0.25) is 4.79 Å². The summed E-state index contributed by atoms with van der Waals surface area (Å²) in [6, 6.07) is 13.3. The Morgan fingerprint density at radius 3 is 2.74 bits per heavy atom. The predicted octanol–water partition coefficient (Wildman–Crippen LogP) is 2.84. The Bertz CT molecular complexity index is 1370. The van der Waals surface area contributed by atoms with Gasteiger partial charge in [0.05, 0.1) is 17.3 Å². The Morgan fingerprint density at radius 1 is 1.16 bits per heavy atom. The Balaban J connectivity index is 1.67. The minimum Gasteiger partial charge on any atom is -0.506 e. The lowest BCUT2D eigenvalue weighted by atomic mass is 10.1. The number of aromatic nitrogens is 1. The molecule has 3 aromatic rings. The van der Waals surface area contributed by atoms with Crippen molar-refractivity contribution in [1.29, 1.82) is 0 Å². The van der Waals surface area contributed by atoms with Gasteiger partial charge >= 0.3 is 0 Å². The van der Waals surface area contributed by atoms with Gasteiger partial charge in [0, 0.05) is 18.5 Å². The maximum absolute atomic E-state index is 13.5. The molecule has 1 aromatic heterocycles. The van der Waals surface area contributed by atoms with Crippen molar-refractivity contribution in [3.05, 3.63) is 64.4 Å². The molecule has 0 bridgehead atoms. The highest BCUT2D eigenvalue weighted by atomic mass is 32.2. The number of ether oxygens (including phenoxy) is 1. The number of amidine groups is 1. The predicted molar refractivity (Wildman–Crippen MR) is 117 cm³/mol. The van der Waals surface area contributed by atoms with Gasteiger partial charge in [0.15, 0.2) is 5.84 Å². The number of pyridine rings is 1. The van der Waals surface area contributed by atoms with E-state index >= 15 is 0 Å². The second kappa shape index (κ2) is 7.51. The molecule has 9 heteroatoms. The standard InChI is InChI=1S/C22H21N3O5S/c26-20-15-7-1-3-9-17(15)25(12-11-14-6-5-13-30-14)22(27)19(20)21-23-16-8-2-4-10-18(16)31(28,29)24-21/h1-4,7-10,14,26H,5-6,11-13H2,(H,23,24). The van der Waals surface area contributed by atoms with Gasteiger partial charge in [0.25, 0.3) is 15.6 Å². The molecule has 8 nitrogen and oxygen atoms in total. The summed E-state index contributed by atoms with van der Waals surface area (Å²) >= 11 is 0. The molecular weight excluding hydrogens is 418 g/mol. The maximum atomic E-state index is 13.5. The number of aromatic hydroxyl groups is 1. The van der Waals surface area contributed by atoms with E-state index in [1.165, 1.54) is 6.07 Å². The van der Waals surface area contributed by atoms with Crippen LogP contribution in [0.3, 0.4) is 0 Å². The number of para-hydroxylation sites is 2. The third kappa shape index (κ3) is 3.39. The van der Waals surface area contributed by atoms with Crippen molar-refractivity contribution in [2.75, 3.05) is 11.9 Å². The summed E-state index contributed by atoms with van der Waals surface area (Å²) in [5, 5.41) is 14.3. The SMILES string of the molecule is O=c1c(C2=NS(=O)(=O)c3ccccc3N2)c(O)c2ccccc2n1CCC1CCCO1. The summed E-state index contributed by atoms with van der Waals surface area (Å²) < 4.78 is 36.4. The molecule has 31 heavy (non-hydrogen) atoms. The quantitative estimate of drug-likeness (QED) is 0.647. The summed E-state index contributed by atoms with van der Waals surface area (Å²) in [5.74, 6) is -0.479. The lowest BCUT2D eigenvalue weighted by Gasteiger charge is -2.21. The number of sulfonamides is 1. The molecule has 0 amide bonds. The Labute approximate surface area is 178 Å². The number of aryl methyl sites for hydroxylation is 1. The van der Waals surface area contributed by atoms with E-state index < -0.39 is 15.6 Å². The number of benzene rings is 2. The van der Waals surface area contributed by atoms with Crippen LogP contribution in [0.2, 0.25) is 0 Å². The highest BCUT2D eigenvalue weighted by Gasteiger charge is 2.29. The fourth-order valence-electron chi connectivity index (χ4n) is 4.19. The van der Waals surface area contributed by atoms with Gasteiger partial charge in [-0.1, -0.05) is 24.3 Å². The van der Waals surface area contributed by atoms with Crippen molar-refractivity contribution < 1.29 is 18.3 Å². The van der Waals surface area contributed by atoms with Crippen LogP contribution >= 0.6 is 0 Å². The molecule has 0 spiro atoms. The molecule has 5 rings (SSSR count). The molecule has 0 radical (unpaired) electrons. The molecule has 2 N–H and O–H groups in total. The molecule has 0 saturated carbocycles. The van der Waals surface area contributed by atoms with Gasteiger partial charge in [-0.05, 0) is 43.5 Å². The average molecular weight is 439 g/mol. The number of hydrogen-bond acceptors (Lipinski definition) is 6. The van der Waals surface area contributed by atoms with Crippen LogP contribution in [-0.2, 0) is 21.3 Å². The van der Waals surface area contributed by atoms with Crippen LogP contribution in [0, 0.1) is 0 Å². The first-order valence-corrected chi connectivity index (χ1v) is 11.6. The second-order valence-electron chi connectivity index (χ2n) is 7.66. The number of nitrogens with one attached hydrogen (secondary N) is 1. The highest BCUT2D eigenvalue weighted by Crippen LogP contribution is 2.32. The van der Waals surface area contributed by atoms with Gasteiger partial charge in [-0.15, -0.1) is 4.40 Å². The van der Waals surface area contributed by atoms with Crippen molar-refractivity contribution in [1.82, 2.24) is 4.57 Å². The van der Waals surface area contributed by atoms with Gasteiger partial charge in [0.2, 0.25) is 0 Å². The first-order chi connectivity index (χ1) is 15.0. The largest absolute Gasteiger partial charge is 0.506 e. The summed E-state index contributed by atoms with van der Waals surface area (Å²) in [6.45, 7) is 1.10. The zero-order chi connectivity index (χ0) is 21.6. The molecule has 1 saturated heterocycles. The fraction of sp³-hybridized carbons (Fsp3) is 0.273. The second-order valence-corrected chi connectivity index (χ2v) is 9.23. The molecule has 2 aliphatic heterocycles. The first kappa shape index (κ1) is 19.8. The summed E-state index contributed by atoms with van der Waals surface area (Å²) in [4.78, 5) is 13.5. The average Bonchev–Trinajstić information content (AvgIpc) is 3.27. The lowest BCUT2D eigenvalue weighted by Crippen LogP contribution is -2.33. The van der Waals surface area contributed by atoms with E-state index in [1.807, 2.05) is 0 Å². The van der Waals surface area contributed by atoms with Gasteiger partial charge < -0.3 is 19.7 Å². The number of fused-ring (bicyclic) bond motifs is 2. The molecule has 2 aromatic carbocycles. The van der Waals surface area contributed by atoms with Gasteiger partial charge in [-0.25, -0.2) is 0 Å². The van der Waals surface area contributed by atoms with Crippen LogP contribution in [0.1, 0.15) is 24.8 Å². The van der Waals surface area contributed by atoms with E-state index in [4.69, 9.17) is 4.74 Å². The Morgan fingerprint density at radius 2 is 1.94 bits per heavy atom.